The van der Waals surface area contributed by atoms with Crippen LogP contribution in [0.3, 0.4) is 0 Å². The summed E-state index contributed by atoms with van der Waals surface area (Å²) in [5.41, 5.74) is 3.77. The van der Waals surface area contributed by atoms with Gasteiger partial charge in [-0.3, -0.25) is 0 Å². The van der Waals surface area contributed by atoms with Crippen molar-refractivity contribution >= 4 is 5.97 Å². The van der Waals surface area contributed by atoms with Gasteiger partial charge in [-0.05, 0) is 59.6 Å². The Morgan fingerprint density at radius 1 is 1.07 bits per heavy atom. The highest BCUT2D eigenvalue weighted by molar-refractivity contribution is 5.76. The largest absolute Gasteiger partial charge is 0.479 e. The molecule has 0 aliphatic heterocycles. The highest BCUT2D eigenvalue weighted by Crippen LogP contribution is 2.40. The third-order valence-corrected chi connectivity index (χ3v) is 4.94. The lowest BCUT2D eigenvalue weighted by atomic mass is 9.89. The first-order valence-electron chi connectivity index (χ1n) is 10.1. The molecule has 0 radical (unpaired) electrons. The quantitative estimate of drug-likeness (QED) is 0.518. The molecule has 1 N–H and O–H groups in total. The van der Waals surface area contributed by atoms with E-state index < -0.39 is 12.1 Å². The molecule has 0 saturated carbocycles. The molecule has 2 rings (SSSR count). The monoisotopic (exact) mass is 386 g/mol. The van der Waals surface area contributed by atoms with Crippen molar-refractivity contribution in [2.45, 2.75) is 71.8 Å². The molecule has 0 fully saturated rings. The number of carboxylic acids is 1. The third-order valence-electron chi connectivity index (χ3n) is 4.94. The Balaban J connectivity index is 2.65. The predicted octanol–water partition coefficient (Wildman–Crippen LogP) is 6.76. The fourth-order valence-corrected chi connectivity index (χ4v) is 3.18. The van der Waals surface area contributed by atoms with E-state index in [0.717, 1.165) is 35.1 Å². The van der Waals surface area contributed by atoms with E-state index in [2.05, 4.69) is 33.8 Å². The molecule has 1 atom stereocenters. The lowest BCUT2D eigenvalue weighted by Crippen LogP contribution is -2.27. The summed E-state index contributed by atoms with van der Waals surface area (Å²) in [6.07, 6.45) is 1.24. The molecule has 28 heavy (non-hydrogen) atoms. The molecule has 0 aliphatic carbocycles. The Labute approximate surface area is 167 Å². The number of carbonyl (C=O) groups is 1. The smallest absolute Gasteiger partial charge is 0.344 e. The van der Waals surface area contributed by atoms with Gasteiger partial charge in [0.15, 0.2) is 6.10 Å². The number of benzene rings is 2. The average molecular weight is 387 g/mol. The number of halogens is 1. The van der Waals surface area contributed by atoms with Crippen molar-refractivity contribution < 1.29 is 19.0 Å². The van der Waals surface area contributed by atoms with Crippen LogP contribution in [0.2, 0.25) is 0 Å². The van der Waals surface area contributed by atoms with Crippen LogP contribution in [-0.2, 0) is 4.79 Å². The van der Waals surface area contributed by atoms with Crippen molar-refractivity contribution in [1.29, 1.82) is 0 Å². The number of aliphatic carboxylic acids is 1. The highest BCUT2D eigenvalue weighted by Gasteiger charge is 2.24. The van der Waals surface area contributed by atoms with Crippen LogP contribution in [-0.4, -0.2) is 17.2 Å². The topological polar surface area (TPSA) is 46.5 Å². The van der Waals surface area contributed by atoms with Crippen molar-refractivity contribution in [2.75, 3.05) is 0 Å². The number of rotatable bonds is 9. The first-order valence-corrected chi connectivity index (χ1v) is 10.1. The number of hydrogen-bond donors (Lipinski definition) is 1. The molecule has 0 bridgehead atoms. The number of hydrogen-bond acceptors (Lipinski definition) is 2. The first-order chi connectivity index (χ1) is 13.2. The zero-order valence-corrected chi connectivity index (χ0v) is 17.5. The molecule has 3 nitrogen and oxygen atoms in total. The highest BCUT2D eigenvalue weighted by atomic mass is 19.1. The molecule has 0 spiro atoms. The van der Waals surface area contributed by atoms with E-state index in [9.17, 15) is 14.3 Å². The fraction of sp³-hybridized carbons (Fsp3) is 0.458. The Morgan fingerprint density at radius 3 is 2.21 bits per heavy atom. The van der Waals surface area contributed by atoms with Crippen LogP contribution in [0.1, 0.15) is 76.8 Å². The van der Waals surface area contributed by atoms with Gasteiger partial charge in [-0.25, -0.2) is 9.18 Å². The maximum Gasteiger partial charge on any atom is 0.344 e. The number of carboxylic acid groups (broad SMARTS) is 1. The summed E-state index contributed by atoms with van der Waals surface area (Å²) in [7, 11) is 0. The van der Waals surface area contributed by atoms with E-state index in [1.54, 1.807) is 12.1 Å². The van der Waals surface area contributed by atoms with Crippen LogP contribution >= 0.6 is 0 Å². The molecule has 0 aromatic heterocycles. The maximum atomic E-state index is 13.5. The zero-order valence-electron chi connectivity index (χ0n) is 17.5. The van der Waals surface area contributed by atoms with E-state index in [-0.39, 0.29) is 11.7 Å². The van der Waals surface area contributed by atoms with E-state index in [1.807, 2.05) is 13.0 Å². The SMILES string of the molecule is CCCCC(Oc1c(-c2ccc(F)cc2)cc(C(C)C)cc1C(C)C)C(=O)O. The number of ether oxygens (including phenoxy) is 1. The lowest BCUT2D eigenvalue weighted by Gasteiger charge is -2.24. The normalized spacial score (nSPS) is 12.4. The summed E-state index contributed by atoms with van der Waals surface area (Å²) >= 11 is 0. The molecule has 0 heterocycles. The zero-order chi connectivity index (χ0) is 20.8. The van der Waals surface area contributed by atoms with Crippen LogP contribution in [0.4, 0.5) is 4.39 Å². The Hall–Kier alpha value is -2.36. The molecular weight excluding hydrogens is 355 g/mol. The molecule has 1 unspecified atom stereocenters. The van der Waals surface area contributed by atoms with Crippen molar-refractivity contribution in [1.82, 2.24) is 0 Å². The van der Waals surface area contributed by atoms with Crippen LogP contribution in [0.15, 0.2) is 36.4 Å². The van der Waals surface area contributed by atoms with E-state index in [1.165, 1.54) is 12.1 Å². The summed E-state index contributed by atoms with van der Waals surface area (Å²) in [5, 5.41) is 9.66. The van der Waals surface area contributed by atoms with Gasteiger partial charge in [0.2, 0.25) is 0 Å². The molecule has 0 aliphatic rings. The van der Waals surface area contributed by atoms with Gasteiger partial charge in [0, 0.05) is 5.56 Å². The summed E-state index contributed by atoms with van der Waals surface area (Å²) in [6, 6.07) is 10.4. The molecule has 2 aromatic carbocycles. The summed E-state index contributed by atoms with van der Waals surface area (Å²) in [5.74, 6) is -0.202. The Kier molecular flexibility index (Phi) is 7.61. The average Bonchev–Trinajstić information content (AvgIpc) is 2.64. The lowest BCUT2D eigenvalue weighted by molar-refractivity contribution is -0.145. The molecule has 0 saturated heterocycles. The minimum Gasteiger partial charge on any atom is -0.479 e. The Bertz CT molecular complexity index is 794. The second-order valence-electron chi connectivity index (χ2n) is 7.89. The van der Waals surface area contributed by atoms with Gasteiger partial charge in [-0.2, -0.15) is 0 Å². The van der Waals surface area contributed by atoms with Gasteiger partial charge in [-0.1, -0.05) is 59.2 Å². The second kappa shape index (κ2) is 9.72. The minimum atomic E-state index is -0.957. The van der Waals surface area contributed by atoms with E-state index in [4.69, 9.17) is 4.74 Å². The van der Waals surface area contributed by atoms with Gasteiger partial charge in [0.1, 0.15) is 11.6 Å². The first kappa shape index (κ1) is 21.9. The molecule has 0 amide bonds. The fourth-order valence-electron chi connectivity index (χ4n) is 3.18. The predicted molar refractivity (Wildman–Crippen MR) is 112 cm³/mol. The third kappa shape index (κ3) is 5.34. The van der Waals surface area contributed by atoms with E-state index in [0.29, 0.717) is 18.1 Å². The van der Waals surface area contributed by atoms with Crippen molar-refractivity contribution in [2.24, 2.45) is 0 Å². The molecular formula is C24H31FO3. The van der Waals surface area contributed by atoms with Crippen LogP contribution in [0.5, 0.6) is 5.75 Å². The number of unbranched alkanes of at least 4 members (excludes halogenated alkanes) is 1. The van der Waals surface area contributed by atoms with Gasteiger partial charge >= 0.3 is 5.97 Å². The van der Waals surface area contributed by atoms with Crippen molar-refractivity contribution in [3.63, 3.8) is 0 Å². The second-order valence-corrected chi connectivity index (χ2v) is 7.89. The molecule has 2 aromatic rings. The summed E-state index contributed by atoms with van der Waals surface area (Å²) in [4.78, 5) is 11.8. The van der Waals surface area contributed by atoms with Gasteiger partial charge in [0.25, 0.3) is 0 Å². The minimum absolute atomic E-state index is 0.161. The van der Waals surface area contributed by atoms with Gasteiger partial charge in [-0.15, -0.1) is 0 Å². The standard InChI is InChI=1S/C24H31FO3/c1-6-7-8-22(24(26)27)28-23-20(16(4)5)13-18(15(2)3)14-21(23)17-9-11-19(25)12-10-17/h9-16,22H,6-8H2,1-5H3,(H,26,27). The van der Waals surface area contributed by atoms with Crippen molar-refractivity contribution in [3.8, 4) is 16.9 Å². The summed E-state index contributed by atoms with van der Waals surface area (Å²) in [6.45, 7) is 10.4. The summed E-state index contributed by atoms with van der Waals surface area (Å²) < 4.78 is 19.6. The van der Waals surface area contributed by atoms with Crippen LogP contribution in [0.25, 0.3) is 11.1 Å². The van der Waals surface area contributed by atoms with Gasteiger partial charge < -0.3 is 9.84 Å². The van der Waals surface area contributed by atoms with Crippen molar-refractivity contribution in [3.05, 3.63) is 53.3 Å². The molecule has 152 valence electrons. The van der Waals surface area contributed by atoms with Gasteiger partial charge in [0.05, 0.1) is 0 Å². The Morgan fingerprint density at radius 2 is 1.71 bits per heavy atom. The maximum absolute atomic E-state index is 13.5. The van der Waals surface area contributed by atoms with Crippen LogP contribution < -0.4 is 4.74 Å². The van der Waals surface area contributed by atoms with Crippen LogP contribution in [0, 0.1) is 5.82 Å². The molecule has 4 heteroatoms. The van der Waals surface area contributed by atoms with E-state index >= 15 is 0 Å².